The molecule has 1 aromatic carbocycles. The molecular weight excluding hydrogens is 292 g/mol. The first-order chi connectivity index (χ1) is 10.2. The van der Waals surface area contributed by atoms with Gasteiger partial charge in [0.05, 0.1) is 18.6 Å². The van der Waals surface area contributed by atoms with E-state index >= 15 is 0 Å². The molecule has 0 radical (unpaired) electrons. The fourth-order valence-corrected chi connectivity index (χ4v) is 2.13. The van der Waals surface area contributed by atoms with E-state index in [4.69, 9.17) is 4.74 Å². The van der Waals surface area contributed by atoms with Crippen LogP contribution in [0.1, 0.15) is 6.92 Å². The summed E-state index contributed by atoms with van der Waals surface area (Å²) in [5.41, 5.74) is 0.146. The van der Waals surface area contributed by atoms with E-state index in [1.807, 2.05) is 6.92 Å². The van der Waals surface area contributed by atoms with Gasteiger partial charge in [0, 0.05) is 5.69 Å². The average molecular weight is 306 g/mol. The van der Waals surface area contributed by atoms with Crippen LogP contribution in [0.25, 0.3) is 0 Å². The van der Waals surface area contributed by atoms with E-state index in [1.165, 1.54) is 6.20 Å². The van der Waals surface area contributed by atoms with Gasteiger partial charge in [-0.2, -0.15) is 10.1 Å². The third-order valence-corrected chi connectivity index (χ3v) is 3.25. The lowest BCUT2D eigenvalue weighted by atomic mass is 10.3. The van der Waals surface area contributed by atoms with Crippen molar-refractivity contribution >= 4 is 23.4 Å². The van der Waals surface area contributed by atoms with Crippen LogP contribution in [0.3, 0.4) is 0 Å². The summed E-state index contributed by atoms with van der Waals surface area (Å²) >= 11 is 1.14. The van der Waals surface area contributed by atoms with Gasteiger partial charge in [-0.05, 0) is 31.2 Å². The minimum absolute atomic E-state index is 0.144. The predicted molar refractivity (Wildman–Crippen MR) is 79.6 cm³/mol. The number of anilines is 1. The zero-order valence-electron chi connectivity index (χ0n) is 11.3. The number of aromatic amines is 1. The number of nitrogens with zero attached hydrogens (tertiary/aromatic N) is 2. The standard InChI is InChI=1S/C13H14N4O3S/c1-2-20-10-5-3-9(4-6-10)15-11(18)8-21-12-7-14-17-13(19)16-12/h3-7H,2,8H2,1H3,(H,15,18)(H,16,17,19). The average Bonchev–Trinajstić information content (AvgIpc) is 2.48. The number of H-pyrrole nitrogens is 1. The van der Waals surface area contributed by atoms with Crippen LogP contribution in [0.4, 0.5) is 5.69 Å². The summed E-state index contributed by atoms with van der Waals surface area (Å²) in [6.07, 6.45) is 1.40. The topological polar surface area (TPSA) is 97.0 Å². The summed E-state index contributed by atoms with van der Waals surface area (Å²) in [6.45, 7) is 2.50. The lowest BCUT2D eigenvalue weighted by molar-refractivity contribution is -0.113. The molecule has 0 atom stereocenters. The van der Waals surface area contributed by atoms with E-state index < -0.39 is 5.69 Å². The van der Waals surface area contributed by atoms with Crippen molar-refractivity contribution in [2.45, 2.75) is 11.9 Å². The number of carbonyl (C=O) groups is 1. The monoisotopic (exact) mass is 306 g/mol. The van der Waals surface area contributed by atoms with E-state index in [1.54, 1.807) is 24.3 Å². The number of rotatable bonds is 6. The number of carbonyl (C=O) groups excluding carboxylic acids is 1. The number of amides is 1. The Morgan fingerprint density at radius 2 is 2.14 bits per heavy atom. The zero-order valence-corrected chi connectivity index (χ0v) is 12.1. The number of aromatic nitrogens is 3. The molecule has 0 unspecified atom stereocenters. The summed E-state index contributed by atoms with van der Waals surface area (Å²) in [5, 5.41) is 8.93. The van der Waals surface area contributed by atoms with Crippen LogP contribution in [0.5, 0.6) is 5.75 Å². The quantitative estimate of drug-likeness (QED) is 0.781. The van der Waals surface area contributed by atoms with Crippen LogP contribution < -0.4 is 15.7 Å². The lowest BCUT2D eigenvalue weighted by Crippen LogP contribution is -2.16. The van der Waals surface area contributed by atoms with Crippen molar-refractivity contribution < 1.29 is 9.53 Å². The molecule has 1 aromatic heterocycles. The number of nitrogens with one attached hydrogen (secondary N) is 2. The second-order valence-corrected chi connectivity index (χ2v) is 4.92. The molecule has 0 aliphatic carbocycles. The van der Waals surface area contributed by atoms with Crippen LogP contribution in [-0.4, -0.2) is 33.4 Å². The van der Waals surface area contributed by atoms with Crippen molar-refractivity contribution in [3.05, 3.63) is 40.9 Å². The van der Waals surface area contributed by atoms with Crippen molar-refractivity contribution in [1.82, 2.24) is 15.2 Å². The maximum atomic E-state index is 11.8. The van der Waals surface area contributed by atoms with E-state index in [2.05, 4.69) is 20.5 Å². The fraction of sp³-hybridized carbons (Fsp3) is 0.231. The number of hydrogen-bond acceptors (Lipinski definition) is 6. The van der Waals surface area contributed by atoms with Crippen molar-refractivity contribution in [2.75, 3.05) is 17.7 Å². The highest BCUT2D eigenvalue weighted by atomic mass is 32.2. The van der Waals surface area contributed by atoms with Crippen LogP contribution in [-0.2, 0) is 4.79 Å². The van der Waals surface area contributed by atoms with E-state index in [0.29, 0.717) is 17.3 Å². The van der Waals surface area contributed by atoms with Gasteiger partial charge in [0.25, 0.3) is 0 Å². The molecule has 2 aromatic rings. The summed E-state index contributed by atoms with van der Waals surface area (Å²) in [5.74, 6) is 0.709. The number of thioether (sulfide) groups is 1. The Labute approximate surface area is 125 Å². The van der Waals surface area contributed by atoms with Gasteiger partial charge in [0.1, 0.15) is 10.8 Å². The van der Waals surface area contributed by atoms with E-state index in [9.17, 15) is 9.59 Å². The van der Waals surface area contributed by atoms with Gasteiger partial charge in [-0.25, -0.2) is 9.89 Å². The Bertz CT molecular complexity index is 657. The summed E-state index contributed by atoms with van der Waals surface area (Å²) in [6, 6.07) is 7.10. The number of hydrogen-bond donors (Lipinski definition) is 2. The first-order valence-corrected chi connectivity index (χ1v) is 7.23. The van der Waals surface area contributed by atoms with Crippen LogP contribution in [0.15, 0.2) is 40.3 Å². The first-order valence-electron chi connectivity index (χ1n) is 6.24. The minimum Gasteiger partial charge on any atom is -0.494 e. The summed E-state index contributed by atoms with van der Waals surface area (Å²) in [4.78, 5) is 26.4. The molecule has 1 amide bonds. The van der Waals surface area contributed by atoms with Crippen molar-refractivity contribution in [3.63, 3.8) is 0 Å². The normalized spacial score (nSPS) is 10.1. The van der Waals surface area contributed by atoms with Gasteiger partial charge >= 0.3 is 5.69 Å². The van der Waals surface area contributed by atoms with Crippen LogP contribution in [0, 0.1) is 0 Å². The predicted octanol–water partition coefficient (Wildman–Crippen LogP) is 1.29. The summed E-state index contributed by atoms with van der Waals surface area (Å²) in [7, 11) is 0. The van der Waals surface area contributed by atoms with E-state index in [0.717, 1.165) is 17.5 Å². The Morgan fingerprint density at radius 1 is 1.38 bits per heavy atom. The molecule has 8 heteroatoms. The number of benzene rings is 1. The number of ether oxygens (including phenoxy) is 1. The van der Waals surface area contributed by atoms with Crippen LogP contribution in [0.2, 0.25) is 0 Å². The highest BCUT2D eigenvalue weighted by molar-refractivity contribution is 7.99. The SMILES string of the molecule is CCOc1ccc(NC(=O)CSc2cn[nH]c(=O)n2)cc1. The van der Waals surface area contributed by atoms with Gasteiger partial charge in [-0.1, -0.05) is 11.8 Å². The van der Waals surface area contributed by atoms with Gasteiger partial charge in [-0.3, -0.25) is 4.79 Å². The highest BCUT2D eigenvalue weighted by Crippen LogP contribution is 2.17. The Hall–Kier alpha value is -2.35. The highest BCUT2D eigenvalue weighted by Gasteiger charge is 2.05. The lowest BCUT2D eigenvalue weighted by Gasteiger charge is -2.06. The third-order valence-electron chi connectivity index (χ3n) is 2.35. The smallest absolute Gasteiger partial charge is 0.362 e. The van der Waals surface area contributed by atoms with Gasteiger partial charge in [-0.15, -0.1) is 0 Å². The molecule has 2 rings (SSSR count). The molecule has 0 aliphatic heterocycles. The molecule has 0 bridgehead atoms. The first kappa shape index (κ1) is 15.0. The molecule has 2 N–H and O–H groups in total. The Morgan fingerprint density at radius 3 is 2.81 bits per heavy atom. The van der Waals surface area contributed by atoms with E-state index in [-0.39, 0.29) is 11.7 Å². The molecule has 0 saturated heterocycles. The Balaban J connectivity index is 1.85. The molecule has 0 fully saturated rings. The molecule has 0 spiro atoms. The second-order valence-electron chi connectivity index (χ2n) is 3.92. The van der Waals surface area contributed by atoms with Gasteiger partial charge in [0.15, 0.2) is 0 Å². The second kappa shape index (κ2) is 7.44. The minimum atomic E-state index is -0.535. The molecule has 110 valence electrons. The van der Waals surface area contributed by atoms with Gasteiger partial charge in [0.2, 0.25) is 5.91 Å². The van der Waals surface area contributed by atoms with Crippen LogP contribution >= 0.6 is 11.8 Å². The largest absolute Gasteiger partial charge is 0.494 e. The maximum absolute atomic E-state index is 11.8. The molecule has 21 heavy (non-hydrogen) atoms. The maximum Gasteiger partial charge on any atom is 0.362 e. The van der Waals surface area contributed by atoms with Crippen molar-refractivity contribution in [1.29, 1.82) is 0 Å². The fourth-order valence-electron chi connectivity index (χ4n) is 1.50. The summed E-state index contributed by atoms with van der Waals surface area (Å²) < 4.78 is 5.32. The molecular formula is C13H14N4O3S. The van der Waals surface area contributed by atoms with Gasteiger partial charge < -0.3 is 10.1 Å². The zero-order chi connectivity index (χ0) is 15.1. The van der Waals surface area contributed by atoms with Crippen molar-refractivity contribution in [2.24, 2.45) is 0 Å². The molecule has 1 heterocycles. The Kier molecular flexibility index (Phi) is 5.33. The third kappa shape index (κ3) is 4.92. The van der Waals surface area contributed by atoms with Crippen molar-refractivity contribution in [3.8, 4) is 5.75 Å². The molecule has 0 aliphatic rings. The molecule has 7 nitrogen and oxygen atoms in total. The molecule has 0 saturated carbocycles.